The molecule has 3 heteroatoms. The van der Waals surface area contributed by atoms with Crippen molar-refractivity contribution in [1.82, 2.24) is 9.97 Å². The van der Waals surface area contributed by atoms with E-state index in [1.807, 2.05) is 19.3 Å². The molecule has 1 aromatic heterocycles. The zero-order chi connectivity index (χ0) is 8.48. The Labute approximate surface area is 71.9 Å². The standard InChI is InChI=1S/C5H5N2.3CH3.Sn/c1-5-6-3-2-4-7-5;;;;/h3-4H,1H3;3*1H3;. The topological polar surface area (TPSA) is 25.8 Å². The van der Waals surface area contributed by atoms with E-state index in [4.69, 9.17) is 0 Å². The molecular weight excluding hydrogens is 243 g/mol. The Hall–Kier alpha value is -0.121. The van der Waals surface area contributed by atoms with Crippen molar-refractivity contribution in [1.29, 1.82) is 0 Å². The predicted molar refractivity (Wildman–Crippen MR) is 49.7 cm³/mol. The zero-order valence-electron chi connectivity index (χ0n) is 7.55. The average molecular weight is 257 g/mol. The molecule has 0 fully saturated rings. The molecule has 1 aromatic rings. The summed E-state index contributed by atoms with van der Waals surface area (Å²) in [5.74, 6) is 0.865. The van der Waals surface area contributed by atoms with Crippen molar-refractivity contribution >= 4 is 22.0 Å². The van der Waals surface area contributed by atoms with Crippen LogP contribution in [0.15, 0.2) is 12.4 Å². The van der Waals surface area contributed by atoms with Crippen LogP contribution in [-0.4, -0.2) is 28.3 Å². The summed E-state index contributed by atoms with van der Waals surface area (Å²) in [4.78, 5) is 15.5. The average Bonchev–Trinajstić information content (AvgIpc) is 1.86. The Morgan fingerprint density at radius 3 is 1.91 bits per heavy atom. The number of aryl methyl sites for hydroxylation is 1. The zero-order valence-corrected chi connectivity index (χ0v) is 10.4. The van der Waals surface area contributed by atoms with Crippen LogP contribution in [0.1, 0.15) is 5.82 Å². The number of rotatable bonds is 1. The molecule has 1 rings (SSSR count). The SMILES string of the molecule is Cc1nc[c]([Sn]([CH3])([CH3])[CH3])cn1. The summed E-state index contributed by atoms with van der Waals surface area (Å²) in [6, 6.07) is 0. The number of hydrogen-bond donors (Lipinski definition) is 0. The van der Waals surface area contributed by atoms with Crippen molar-refractivity contribution in [2.24, 2.45) is 0 Å². The van der Waals surface area contributed by atoms with Crippen molar-refractivity contribution in [2.75, 3.05) is 0 Å². The van der Waals surface area contributed by atoms with Gasteiger partial charge >= 0.3 is 71.9 Å². The van der Waals surface area contributed by atoms with Crippen LogP contribution >= 0.6 is 0 Å². The molecule has 0 saturated carbocycles. The molecule has 0 saturated heterocycles. The first-order chi connectivity index (χ1) is 5.00. The van der Waals surface area contributed by atoms with Gasteiger partial charge < -0.3 is 0 Å². The minimum absolute atomic E-state index is 0.865. The van der Waals surface area contributed by atoms with Crippen molar-refractivity contribution in [3.8, 4) is 0 Å². The maximum atomic E-state index is 4.19. The van der Waals surface area contributed by atoms with Crippen molar-refractivity contribution in [3.63, 3.8) is 0 Å². The van der Waals surface area contributed by atoms with E-state index in [0.717, 1.165) is 5.82 Å². The summed E-state index contributed by atoms with van der Waals surface area (Å²) >= 11 is -1.87. The van der Waals surface area contributed by atoms with E-state index in [1.165, 1.54) is 3.58 Å². The minimum atomic E-state index is -1.87. The third-order valence-electron chi connectivity index (χ3n) is 1.65. The summed E-state index contributed by atoms with van der Waals surface area (Å²) in [6.07, 6.45) is 3.97. The van der Waals surface area contributed by atoms with Gasteiger partial charge in [-0.05, 0) is 0 Å². The Balaban J connectivity index is 2.99. The van der Waals surface area contributed by atoms with Crippen LogP contribution in [0, 0.1) is 6.92 Å². The maximum absolute atomic E-state index is 4.19. The third-order valence-corrected chi connectivity index (χ3v) is 7.33. The molecule has 1 heterocycles. The van der Waals surface area contributed by atoms with E-state index >= 15 is 0 Å². The normalized spacial score (nSPS) is 11.6. The van der Waals surface area contributed by atoms with Crippen LogP contribution in [0.4, 0.5) is 0 Å². The molecule has 0 aromatic carbocycles. The summed E-state index contributed by atoms with van der Waals surface area (Å²) in [7, 11) is 0. The van der Waals surface area contributed by atoms with E-state index in [1.54, 1.807) is 0 Å². The van der Waals surface area contributed by atoms with Crippen molar-refractivity contribution in [3.05, 3.63) is 18.2 Å². The van der Waals surface area contributed by atoms with Crippen LogP contribution < -0.4 is 3.58 Å². The van der Waals surface area contributed by atoms with Crippen molar-refractivity contribution < 1.29 is 0 Å². The Bertz CT molecular complexity index is 235. The fraction of sp³-hybridized carbons (Fsp3) is 0.500. The van der Waals surface area contributed by atoms with Gasteiger partial charge in [-0.1, -0.05) is 0 Å². The van der Waals surface area contributed by atoms with Gasteiger partial charge in [0.2, 0.25) is 0 Å². The molecule has 0 aliphatic heterocycles. The molecule has 0 spiro atoms. The summed E-state index contributed by atoms with van der Waals surface area (Å²) in [5.41, 5.74) is 0. The Kier molecular flexibility index (Phi) is 2.52. The van der Waals surface area contributed by atoms with Gasteiger partial charge in [0.1, 0.15) is 0 Å². The molecular formula is C8H14N2Sn. The van der Waals surface area contributed by atoms with Crippen molar-refractivity contribution in [2.45, 2.75) is 21.7 Å². The van der Waals surface area contributed by atoms with Gasteiger partial charge in [-0.25, -0.2) is 0 Å². The molecule has 0 radical (unpaired) electrons. The summed E-state index contributed by atoms with van der Waals surface area (Å²) in [6.45, 7) is 1.92. The molecule has 11 heavy (non-hydrogen) atoms. The van der Waals surface area contributed by atoms with Gasteiger partial charge in [-0.15, -0.1) is 0 Å². The Morgan fingerprint density at radius 1 is 1.09 bits per heavy atom. The van der Waals surface area contributed by atoms with E-state index < -0.39 is 18.4 Å². The van der Waals surface area contributed by atoms with E-state index in [2.05, 4.69) is 24.8 Å². The molecule has 0 bridgehead atoms. The van der Waals surface area contributed by atoms with Crippen LogP contribution in [0.25, 0.3) is 0 Å². The second kappa shape index (κ2) is 3.09. The Morgan fingerprint density at radius 2 is 1.55 bits per heavy atom. The van der Waals surface area contributed by atoms with Gasteiger partial charge in [0.15, 0.2) is 0 Å². The fourth-order valence-corrected chi connectivity index (χ4v) is 3.36. The fourth-order valence-electron chi connectivity index (χ4n) is 0.780. The second-order valence-corrected chi connectivity index (χ2v) is 18.3. The first kappa shape index (κ1) is 8.97. The van der Waals surface area contributed by atoms with E-state index in [0.29, 0.717) is 0 Å². The second-order valence-electron chi connectivity index (χ2n) is 3.77. The number of hydrogen-bond acceptors (Lipinski definition) is 2. The summed E-state index contributed by atoms with van der Waals surface area (Å²) in [5, 5.41) is 0. The van der Waals surface area contributed by atoms with Crippen LogP contribution in [-0.2, 0) is 0 Å². The van der Waals surface area contributed by atoms with Crippen LogP contribution in [0.5, 0.6) is 0 Å². The molecule has 0 N–H and O–H groups in total. The van der Waals surface area contributed by atoms with Gasteiger partial charge in [-0.2, -0.15) is 0 Å². The molecule has 2 nitrogen and oxygen atoms in total. The van der Waals surface area contributed by atoms with E-state index in [-0.39, 0.29) is 0 Å². The summed E-state index contributed by atoms with van der Waals surface area (Å²) < 4.78 is 1.39. The van der Waals surface area contributed by atoms with Gasteiger partial charge in [0, 0.05) is 0 Å². The molecule has 60 valence electrons. The van der Waals surface area contributed by atoms with E-state index in [9.17, 15) is 0 Å². The first-order valence-corrected chi connectivity index (χ1v) is 13.8. The van der Waals surface area contributed by atoms with Crippen LogP contribution in [0.2, 0.25) is 14.8 Å². The van der Waals surface area contributed by atoms with Gasteiger partial charge in [0.05, 0.1) is 0 Å². The molecule has 0 aliphatic rings. The molecule has 0 atom stereocenters. The quantitative estimate of drug-likeness (QED) is 0.709. The monoisotopic (exact) mass is 258 g/mol. The third kappa shape index (κ3) is 2.43. The van der Waals surface area contributed by atoms with Gasteiger partial charge in [-0.3, -0.25) is 0 Å². The molecule has 0 aliphatic carbocycles. The van der Waals surface area contributed by atoms with Gasteiger partial charge in [0.25, 0.3) is 0 Å². The van der Waals surface area contributed by atoms with Crippen LogP contribution in [0.3, 0.4) is 0 Å². The molecule has 0 amide bonds. The first-order valence-electron chi connectivity index (χ1n) is 3.79. The number of aromatic nitrogens is 2. The molecule has 0 unspecified atom stereocenters. The number of nitrogens with zero attached hydrogens (tertiary/aromatic N) is 2. The predicted octanol–water partition coefficient (Wildman–Crippen LogP) is 1.33.